The van der Waals surface area contributed by atoms with Crippen molar-refractivity contribution in [1.29, 1.82) is 5.26 Å². The molecule has 2 heterocycles. The van der Waals surface area contributed by atoms with Crippen molar-refractivity contribution in [3.05, 3.63) is 56.3 Å². The number of hydrogen-bond acceptors (Lipinski definition) is 6. The number of hydrogen-bond donors (Lipinski definition) is 0. The van der Waals surface area contributed by atoms with E-state index in [1.54, 1.807) is 23.1 Å². The van der Waals surface area contributed by atoms with Crippen LogP contribution in [-0.2, 0) is 0 Å². The lowest BCUT2D eigenvalue weighted by Crippen LogP contribution is -2.48. The Balaban J connectivity index is 1.74. The monoisotopic (exact) mass is 342 g/mol. The molecule has 7 nitrogen and oxygen atoms in total. The molecule has 24 heavy (non-hydrogen) atoms. The Labute approximate surface area is 142 Å². The van der Waals surface area contributed by atoms with Crippen LogP contribution >= 0.6 is 11.3 Å². The summed E-state index contributed by atoms with van der Waals surface area (Å²) in [5.74, 6) is -0.000946. The maximum Gasteiger partial charge on any atom is 0.293 e. The van der Waals surface area contributed by atoms with Crippen molar-refractivity contribution in [2.75, 3.05) is 31.1 Å². The summed E-state index contributed by atoms with van der Waals surface area (Å²) >= 11 is 1.41. The van der Waals surface area contributed by atoms with E-state index in [1.807, 2.05) is 22.4 Å². The van der Waals surface area contributed by atoms with Crippen LogP contribution in [0.2, 0.25) is 0 Å². The predicted octanol–water partition coefficient (Wildman–Crippen LogP) is 2.49. The van der Waals surface area contributed by atoms with E-state index in [2.05, 4.69) is 0 Å². The molecular weight excluding hydrogens is 328 g/mol. The minimum atomic E-state index is -0.473. The van der Waals surface area contributed by atoms with Gasteiger partial charge in [-0.25, -0.2) is 0 Å². The lowest BCUT2D eigenvalue weighted by molar-refractivity contribution is -0.384. The molecule has 0 radical (unpaired) electrons. The van der Waals surface area contributed by atoms with E-state index in [4.69, 9.17) is 5.26 Å². The molecule has 1 aliphatic heterocycles. The third-order valence-corrected chi connectivity index (χ3v) is 4.80. The molecule has 3 rings (SSSR count). The maximum atomic E-state index is 12.3. The number of carbonyl (C=O) groups is 1. The number of thiophene rings is 1. The van der Waals surface area contributed by atoms with E-state index in [9.17, 15) is 14.9 Å². The van der Waals surface area contributed by atoms with Crippen molar-refractivity contribution in [2.45, 2.75) is 0 Å². The standard InChI is InChI=1S/C16H14N4O3S/c17-11-12-3-4-13(14(10-12)20(22)23)18-5-7-19(8-6-18)16(21)15-2-1-9-24-15/h1-4,9-10H,5-8H2. The fourth-order valence-corrected chi connectivity index (χ4v) is 3.40. The first kappa shape index (κ1) is 16.0. The molecule has 0 bridgehead atoms. The zero-order valence-electron chi connectivity index (χ0n) is 12.7. The molecule has 1 aromatic carbocycles. The minimum Gasteiger partial charge on any atom is -0.362 e. The van der Waals surface area contributed by atoms with E-state index in [0.717, 1.165) is 0 Å². The first-order valence-electron chi connectivity index (χ1n) is 7.36. The van der Waals surface area contributed by atoms with Crippen LogP contribution < -0.4 is 4.90 Å². The van der Waals surface area contributed by atoms with Crippen LogP contribution in [0, 0.1) is 21.4 Å². The molecule has 0 spiro atoms. The molecule has 0 aliphatic carbocycles. The lowest BCUT2D eigenvalue weighted by Gasteiger charge is -2.35. The molecule has 0 N–H and O–H groups in total. The minimum absolute atomic E-state index is 0.000946. The highest BCUT2D eigenvalue weighted by atomic mass is 32.1. The zero-order chi connectivity index (χ0) is 17.1. The first-order chi connectivity index (χ1) is 11.6. The Morgan fingerprint density at radius 1 is 1.25 bits per heavy atom. The molecule has 1 amide bonds. The van der Waals surface area contributed by atoms with E-state index in [-0.39, 0.29) is 17.2 Å². The van der Waals surface area contributed by atoms with Crippen molar-refractivity contribution >= 4 is 28.6 Å². The number of piperazine rings is 1. The highest BCUT2D eigenvalue weighted by Gasteiger charge is 2.26. The average Bonchev–Trinajstić information content (AvgIpc) is 3.15. The molecule has 0 atom stereocenters. The molecule has 1 aliphatic rings. The molecule has 1 aromatic heterocycles. The Morgan fingerprint density at radius 3 is 2.58 bits per heavy atom. The summed E-state index contributed by atoms with van der Waals surface area (Å²) in [5, 5.41) is 22.0. The van der Waals surface area contributed by atoms with Crippen LogP contribution in [0.3, 0.4) is 0 Å². The molecule has 1 fully saturated rings. The lowest BCUT2D eigenvalue weighted by atomic mass is 10.1. The largest absolute Gasteiger partial charge is 0.362 e. The van der Waals surface area contributed by atoms with Crippen molar-refractivity contribution in [3.8, 4) is 6.07 Å². The normalized spacial score (nSPS) is 14.3. The molecule has 0 saturated carbocycles. The highest BCUT2D eigenvalue weighted by molar-refractivity contribution is 7.12. The second-order valence-corrected chi connectivity index (χ2v) is 6.28. The van der Waals surface area contributed by atoms with Crippen molar-refractivity contribution in [2.24, 2.45) is 0 Å². The molecule has 0 unspecified atom stereocenters. The average molecular weight is 342 g/mol. The van der Waals surface area contributed by atoms with Gasteiger partial charge in [-0.2, -0.15) is 5.26 Å². The van der Waals surface area contributed by atoms with Gasteiger partial charge in [-0.15, -0.1) is 11.3 Å². The number of benzene rings is 1. The molecule has 122 valence electrons. The molecule has 8 heteroatoms. The van der Waals surface area contributed by atoms with Gasteiger partial charge in [0, 0.05) is 32.2 Å². The Hall–Kier alpha value is -2.92. The number of nitrogens with zero attached hydrogens (tertiary/aromatic N) is 4. The summed E-state index contributed by atoms with van der Waals surface area (Å²) in [7, 11) is 0. The number of nitriles is 1. The number of anilines is 1. The first-order valence-corrected chi connectivity index (χ1v) is 8.24. The van der Waals surface area contributed by atoms with Gasteiger partial charge in [-0.1, -0.05) is 6.07 Å². The summed E-state index contributed by atoms with van der Waals surface area (Å²) in [5.41, 5.74) is 0.672. The highest BCUT2D eigenvalue weighted by Crippen LogP contribution is 2.30. The Bertz CT molecular complexity index is 805. The van der Waals surface area contributed by atoms with Gasteiger partial charge in [0.05, 0.1) is 21.4 Å². The van der Waals surface area contributed by atoms with Crippen LogP contribution in [0.4, 0.5) is 11.4 Å². The van der Waals surface area contributed by atoms with Gasteiger partial charge < -0.3 is 9.80 Å². The van der Waals surface area contributed by atoms with E-state index >= 15 is 0 Å². The third-order valence-electron chi connectivity index (χ3n) is 3.94. The second kappa shape index (κ2) is 6.68. The van der Waals surface area contributed by atoms with E-state index < -0.39 is 4.92 Å². The zero-order valence-corrected chi connectivity index (χ0v) is 13.5. The number of carbonyl (C=O) groups excluding carboxylic acids is 1. The van der Waals surface area contributed by atoms with Crippen molar-refractivity contribution in [1.82, 2.24) is 4.90 Å². The third kappa shape index (κ3) is 3.07. The fourth-order valence-electron chi connectivity index (χ4n) is 2.71. The van der Waals surface area contributed by atoms with Gasteiger partial charge in [0.25, 0.3) is 11.6 Å². The van der Waals surface area contributed by atoms with Gasteiger partial charge in [0.1, 0.15) is 5.69 Å². The quantitative estimate of drug-likeness (QED) is 0.631. The molecular formula is C16H14N4O3S. The number of rotatable bonds is 3. The van der Waals surface area contributed by atoms with Crippen LogP contribution in [0.15, 0.2) is 35.7 Å². The van der Waals surface area contributed by atoms with Gasteiger partial charge in [0.15, 0.2) is 0 Å². The van der Waals surface area contributed by atoms with Crippen molar-refractivity contribution < 1.29 is 9.72 Å². The fraction of sp³-hybridized carbons (Fsp3) is 0.250. The predicted molar refractivity (Wildman–Crippen MR) is 90.2 cm³/mol. The second-order valence-electron chi connectivity index (χ2n) is 5.33. The summed E-state index contributed by atoms with van der Waals surface area (Å²) in [4.78, 5) is 27.5. The smallest absolute Gasteiger partial charge is 0.293 e. The van der Waals surface area contributed by atoms with Crippen LogP contribution in [0.25, 0.3) is 0 Å². The maximum absolute atomic E-state index is 12.3. The number of amides is 1. The summed E-state index contributed by atoms with van der Waals surface area (Å²) in [6.07, 6.45) is 0. The van der Waals surface area contributed by atoms with E-state index in [1.165, 1.54) is 17.4 Å². The number of nitro groups is 1. The van der Waals surface area contributed by atoms with Crippen LogP contribution in [0.5, 0.6) is 0 Å². The van der Waals surface area contributed by atoms with Gasteiger partial charge in [0.2, 0.25) is 0 Å². The summed E-state index contributed by atoms with van der Waals surface area (Å²) in [6.45, 7) is 2.05. The van der Waals surface area contributed by atoms with Crippen molar-refractivity contribution in [3.63, 3.8) is 0 Å². The van der Waals surface area contributed by atoms with Crippen LogP contribution in [-0.4, -0.2) is 41.9 Å². The van der Waals surface area contributed by atoms with Gasteiger partial charge >= 0.3 is 0 Å². The number of nitro benzene ring substituents is 1. The van der Waals surface area contributed by atoms with E-state index in [0.29, 0.717) is 36.7 Å². The van der Waals surface area contributed by atoms with Gasteiger partial charge in [-0.05, 0) is 23.6 Å². The Kier molecular flexibility index (Phi) is 4.44. The topological polar surface area (TPSA) is 90.5 Å². The summed E-state index contributed by atoms with van der Waals surface area (Å²) < 4.78 is 0. The molecule has 2 aromatic rings. The molecule has 1 saturated heterocycles. The summed E-state index contributed by atoms with van der Waals surface area (Å²) in [6, 6.07) is 10.0. The SMILES string of the molecule is N#Cc1ccc(N2CCN(C(=O)c3cccs3)CC2)c([N+](=O)[O-])c1. The van der Waals surface area contributed by atoms with Crippen LogP contribution in [0.1, 0.15) is 15.2 Å². The Morgan fingerprint density at radius 2 is 2.00 bits per heavy atom. The van der Waals surface area contributed by atoms with Gasteiger partial charge in [-0.3, -0.25) is 14.9 Å².